The number of carbonyl (C=O) groups excluding carboxylic acids is 1. The monoisotopic (exact) mass is 360 g/mol. The molecule has 0 radical (unpaired) electrons. The van der Waals surface area contributed by atoms with Crippen molar-refractivity contribution in [2.45, 2.75) is 19.3 Å². The van der Waals surface area contributed by atoms with E-state index in [9.17, 15) is 9.90 Å². The Hall–Kier alpha value is -2.01. The second-order valence-corrected chi connectivity index (χ2v) is 6.97. The number of halogens is 1. The summed E-state index contributed by atoms with van der Waals surface area (Å²) in [7, 11) is 0. The number of fused-ring (bicyclic) bond motifs is 1. The first-order valence-electron chi connectivity index (χ1n) is 7.05. The molecular formula is C17H17BrN2O2. The van der Waals surface area contributed by atoms with Crippen LogP contribution in [-0.2, 0) is 5.41 Å². The minimum absolute atomic E-state index is 0.0418. The summed E-state index contributed by atoms with van der Waals surface area (Å²) in [6.07, 6.45) is 0. The maximum atomic E-state index is 12.4. The normalized spacial score (nSPS) is 15.0. The van der Waals surface area contributed by atoms with Gasteiger partial charge in [-0.25, -0.2) is 0 Å². The van der Waals surface area contributed by atoms with Gasteiger partial charge in [0.15, 0.2) is 0 Å². The standard InChI is InChI=1S/C17H17BrN2O2/c1-17(2)9-19-14-8-10(7-13(18)15(14)17)16(22)20-11-3-5-12(21)6-4-11/h3-8,19,21H,9H2,1-2H3,(H,20,22). The topological polar surface area (TPSA) is 61.4 Å². The number of hydrogen-bond donors (Lipinski definition) is 3. The molecule has 0 spiro atoms. The Morgan fingerprint density at radius 2 is 1.95 bits per heavy atom. The summed E-state index contributed by atoms with van der Waals surface area (Å²) in [4.78, 5) is 12.4. The van der Waals surface area contributed by atoms with Crippen molar-refractivity contribution in [3.63, 3.8) is 0 Å². The second kappa shape index (κ2) is 5.32. The highest BCUT2D eigenvalue weighted by atomic mass is 79.9. The molecule has 0 fully saturated rings. The van der Waals surface area contributed by atoms with Gasteiger partial charge in [0.25, 0.3) is 5.91 Å². The Morgan fingerprint density at radius 3 is 2.64 bits per heavy atom. The van der Waals surface area contributed by atoms with Gasteiger partial charge in [0.05, 0.1) is 0 Å². The van der Waals surface area contributed by atoms with Gasteiger partial charge < -0.3 is 15.7 Å². The van der Waals surface area contributed by atoms with Gasteiger partial charge >= 0.3 is 0 Å². The van der Waals surface area contributed by atoms with Crippen LogP contribution >= 0.6 is 15.9 Å². The number of hydrogen-bond acceptors (Lipinski definition) is 3. The van der Waals surface area contributed by atoms with Gasteiger partial charge in [-0.1, -0.05) is 29.8 Å². The second-order valence-electron chi connectivity index (χ2n) is 6.12. The summed E-state index contributed by atoms with van der Waals surface area (Å²) >= 11 is 3.58. The smallest absolute Gasteiger partial charge is 0.255 e. The van der Waals surface area contributed by atoms with Crippen LogP contribution < -0.4 is 10.6 Å². The summed E-state index contributed by atoms with van der Waals surface area (Å²) in [6.45, 7) is 5.20. The van der Waals surface area contributed by atoms with Gasteiger partial charge in [0.1, 0.15) is 5.75 Å². The van der Waals surface area contributed by atoms with E-state index in [0.29, 0.717) is 11.3 Å². The molecule has 2 aromatic carbocycles. The quantitative estimate of drug-likeness (QED) is 0.706. The Labute approximate surface area is 137 Å². The molecule has 1 aliphatic heterocycles. The number of phenols is 1. The van der Waals surface area contributed by atoms with Gasteiger partial charge in [0.2, 0.25) is 0 Å². The molecule has 1 heterocycles. The summed E-state index contributed by atoms with van der Waals surface area (Å²) in [5.74, 6) is -0.00889. The molecule has 4 nitrogen and oxygen atoms in total. The van der Waals surface area contributed by atoms with Gasteiger partial charge in [-0.2, -0.15) is 0 Å². The largest absolute Gasteiger partial charge is 0.508 e. The molecule has 5 heteroatoms. The van der Waals surface area contributed by atoms with E-state index < -0.39 is 0 Å². The molecule has 0 aliphatic carbocycles. The summed E-state index contributed by atoms with van der Waals surface area (Å²) in [6, 6.07) is 10.1. The fraction of sp³-hybridized carbons (Fsp3) is 0.235. The first-order valence-corrected chi connectivity index (χ1v) is 7.84. The van der Waals surface area contributed by atoms with Crippen LogP contribution in [0.2, 0.25) is 0 Å². The van der Waals surface area contributed by atoms with Gasteiger partial charge in [-0.15, -0.1) is 0 Å². The zero-order chi connectivity index (χ0) is 15.9. The highest BCUT2D eigenvalue weighted by Gasteiger charge is 2.32. The number of aromatic hydroxyl groups is 1. The first-order chi connectivity index (χ1) is 10.4. The van der Waals surface area contributed by atoms with E-state index in [1.807, 2.05) is 12.1 Å². The Kier molecular flexibility index (Phi) is 3.60. The molecule has 0 saturated heterocycles. The van der Waals surface area contributed by atoms with E-state index in [-0.39, 0.29) is 17.1 Å². The van der Waals surface area contributed by atoms with E-state index in [2.05, 4.69) is 40.4 Å². The number of phenolic OH excluding ortho intramolecular Hbond substituents is 1. The number of amides is 1. The number of rotatable bonds is 2. The third-order valence-corrected chi connectivity index (χ3v) is 4.50. The van der Waals surface area contributed by atoms with Crippen LogP contribution in [0.3, 0.4) is 0 Å². The molecule has 1 aliphatic rings. The molecule has 0 atom stereocenters. The van der Waals surface area contributed by atoms with Crippen LogP contribution in [0.5, 0.6) is 5.75 Å². The van der Waals surface area contributed by atoms with Crippen molar-refractivity contribution in [1.29, 1.82) is 0 Å². The van der Waals surface area contributed by atoms with Gasteiger partial charge in [-0.05, 0) is 42.0 Å². The highest BCUT2D eigenvalue weighted by molar-refractivity contribution is 9.10. The summed E-state index contributed by atoms with van der Waals surface area (Å²) in [5.41, 5.74) is 3.47. The molecule has 0 saturated carbocycles. The summed E-state index contributed by atoms with van der Waals surface area (Å²) < 4.78 is 0.941. The predicted molar refractivity (Wildman–Crippen MR) is 91.7 cm³/mol. The van der Waals surface area contributed by atoms with E-state index in [4.69, 9.17) is 0 Å². The number of carbonyl (C=O) groups is 1. The van der Waals surface area contributed by atoms with Gasteiger partial charge in [-0.3, -0.25) is 4.79 Å². The van der Waals surface area contributed by atoms with Crippen LogP contribution in [0.4, 0.5) is 11.4 Å². The minimum atomic E-state index is -0.180. The number of anilines is 2. The van der Waals surface area contributed by atoms with Crippen molar-refractivity contribution in [3.05, 3.63) is 52.0 Å². The lowest BCUT2D eigenvalue weighted by molar-refractivity contribution is 0.102. The fourth-order valence-corrected chi connectivity index (χ4v) is 3.71. The highest BCUT2D eigenvalue weighted by Crippen LogP contribution is 2.41. The Bertz CT molecular complexity index is 739. The lowest BCUT2D eigenvalue weighted by atomic mass is 9.86. The molecule has 0 bridgehead atoms. The summed E-state index contributed by atoms with van der Waals surface area (Å²) in [5, 5.41) is 15.5. The molecule has 3 rings (SSSR count). The van der Waals surface area contributed by atoms with Crippen LogP contribution in [-0.4, -0.2) is 17.6 Å². The van der Waals surface area contributed by atoms with E-state index >= 15 is 0 Å². The zero-order valence-corrected chi connectivity index (χ0v) is 14.0. The molecule has 0 aromatic heterocycles. The van der Waals surface area contributed by atoms with Crippen molar-refractivity contribution in [1.82, 2.24) is 0 Å². The maximum Gasteiger partial charge on any atom is 0.255 e. The van der Waals surface area contributed by atoms with Crippen LogP contribution in [0.15, 0.2) is 40.9 Å². The molecule has 114 valence electrons. The van der Waals surface area contributed by atoms with Gasteiger partial charge in [0, 0.05) is 33.4 Å². The molecule has 0 unspecified atom stereocenters. The first kappa shape index (κ1) is 14.9. The van der Waals surface area contributed by atoms with E-state index in [1.54, 1.807) is 12.1 Å². The number of benzene rings is 2. The van der Waals surface area contributed by atoms with Crippen LogP contribution in [0.1, 0.15) is 29.8 Å². The fourth-order valence-electron chi connectivity index (χ4n) is 2.72. The predicted octanol–water partition coefficient (Wildman–Crippen LogP) is 4.11. The minimum Gasteiger partial charge on any atom is -0.508 e. The maximum absolute atomic E-state index is 12.4. The SMILES string of the molecule is CC1(C)CNc2cc(C(=O)Nc3ccc(O)cc3)cc(Br)c21. The average Bonchev–Trinajstić information content (AvgIpc) is 2.77. The molecular weight excluding hydrogens is 344 g/mol. The average molecular weight is 361 g/mol. The number of nitrogens with one attached hydrogen (secondary N) is 2. The van der Waals surface area contributed by atoms with E-state index in [1.165, 1.54) is 17.7 Å². The third kappa shape index (κ3) is 2.68. The third-order valence-electron chi connectivity index (χ3n) is 3.88. The van der Waals surface area contributed by atoms with Crippen molar-refractivity contribution in [2.75, 3.05) is 17.2 Å². The Balaban J connectivity index is 1.88. The van der Waals surface area contributed by atoms with Crippen LogP contribution in [0, 0.1) is 0 Å². The molecule has 22 heavy (non-hydrogen) atoms. The van der Waals surface area contributed by atoms with E-state index in [0.717, 1.165) is 16.7 Å². The molecule has 1 amide bonds. The van der Waals surface area contributed by atoms with Crippen molar-refractivity contribution in [2.24, 2.45) is 0 Å². The Morgan fingerprint density at radius 1 is 1.27 bits per heavy atom. The lowest BCUT2D eigenvalue weighted by Gasteiger charge is -2.19. The van der Waals surface area contributed by atoms with Crippen molar-refractivity contribution >= 4 is 33.2 Å². The van der Waals surface area contributed by atoms with Crippen LogP contribution in [0.25, 0.3) is 0 Å². The van der Waals surface area contributed by atoms with Crippen molar-refractivity contribution < 1.29 is 9.90 Å². The van der Waals surface area contributed by atoms with Crippen molar-refractivity contribution in [3.8, 4) is 5.75 Å². The zero-order valence-electron chi connectivity index (χ0n) is 12.4. The molecule has 3 N–H and O–H groups in total. The lowest BCUT2D eigenvalue weighted by Crippen LogP contribution is -2.19. The molecule has 2 aromatic rings.